The van der Waals surface area contributed by atoms with Gasteiger partial charge in [-0.3, -0.25) is 0 Å². The summed E-state index contributed by atoms with van der Waals surface area (Å²) in [5, 5.41) is 0. The molecule has 0 bridgehead atoms. The van der Waals surface area contributed by atoms with Crippen LogP contribution in [0.1, 0.15) is 39.0 Å². The van der Waals surface area contributed by atoms with E-state index in [-0.39, 0.29) is 5.54 Å². The molecule has 0 amide bonds. The van der Waals surface area contributed by atoms with Gasteiger partial charge in [0.25, 0.3) is 0 Å². The van der Waals surface area contributed by atoms with Crippen molar-refractivity contribution < 1.29 is 9.59 Å². The summed E-state index contributed by atoms with van der Waals surface area (Å²) in [5.41, 5.74) is 5.53. The Kier molecular flexibility index (Phi) is 7.79. The molecule has 0 aliphatic rings. The van der Waals surface area contributed by atoms with E-state index in [9.17, 15) is 0 Å². The normalized spacial score (nSPS) is 13.8. The van der Waals surface area contributed by atoms with Gasteiger partial charge in [0.15, 0.2) is 0 Å². The van der Waals surface area contributed by atoms with E-state index in [1.54, 1.807) is 0 Å². The van der Waals surface area contributed by atoms with Gasteiger partial charge in [0.2, 0.25) is 0 Å². The summed E-state index contributed by atoms with van der Waals surface area (Å²) < 4.78 is 0. The molecule has 1 unspecified atom stereocenters. The smallest absolute Gasteiger partial charge is 0.319 e. The Balaban J connectivity index is 3.49. The molecule has 0 aromatic rings. The highest BCUT2D eigenvalue weighted by molar-refractivity contribution is 6.43. The van der Waals surface area contributed by atoms with Crippen molar-refractivity contribution in [3.05, 3.63) is 0 Å². The van der Waals surface area contributed by atoms with Crippen LogP contribution in [0.5, 0.6) is 0 Å². The molecule has 12 heavy (non-hydrogen) atoms. The van der Waals surface area contributed by atoms with Gasteiger partial charge in [0, 0.05) is 0 Å². The van der Waals surface area contributed by atoms with E-state index in [2.05, 4.69) is 6.92 Å². The van der Waals surface area contributed by atoms with Crippen LogP contribution < -0.4 is 5.73 Å². The number of hydrogen-bond acceptors (Lipinski definition) is 3. The highest BCUT2D eigenvalue weighted by Gasteiger charge is 2.17. The maximum absolute atomic E-state index is 9.11. The van der Waals surface area contributed by atoms with Crippen molar-refractivity contribution >= 4 is 9.28 Å². The lowest BCUT2D eigenvalue weighted by Gasteiger charge is -2.15. The van der Waals surface area contributed by atoms with Gasteiger partial charge < -0.3 is 15.3 Å². The van der Waals surface area contributed by atoms with Crippen LogP contribution in [0, 0.1) is 0 Å². The molecule has 0 heterocycles. The van der Waals surface area contributed by atoms with Crippen LogP contribution in [-0.2, 0) is 0 Å². The molecule has 0 saturated carbocycles. The lowest BCUT2D eigenvalue weighted by atomic mass is 10.1. The second kappa shape index (κ2) is 7.73. The standard InChI is InChI=1S/C8H21NO2Si/c1-2-5-8(12(10)11)6-3-4-7-9/h8,10-12H,2-7,9H2,1H3. The average Bonchev–Trinajstić information content (AvgIpc) is 2.03. The average molecular weight is 191 g/mol. The summed E-state index contributed by atoms with van der Waals surface area (Å²) in [6.45, 7) is 2.79. The first-order valence-electron chi connectivity index (χ1n) is 4.78. The summed E-state index contributed by atoms with van der Waals surface area (Å²) in [5.74, 6) is 0. The Morgan fingerprint density at radius 1 is 1.25 bits per heavy atom. The quantitative estimate of drug-likeness (QED) is 0.405. The lowest BCUT2D eigenvalue weighted by molar-refractivity contribution is 0.369. The molecule has 0 aliphatic heterocycles. The third-order valence-corrected chi connectivity index (χ3v) is 3.62. The molecule has 1 atom stereocenters. The zero-order chi connectivity index (χ0) is 9.40. The molecular formula is C8H21NO2Si. The van der Waals surface area contributed by atoms with Crippen molar-refractivity contribution in [3.63, 3.8) is 0 Å². The van der Waals surface area contributed by atoms with E-state index in [1.165, 1.54) is 0 Å². The first-order chi connectivity index (χ1) is 5.72. The molecule has 74 valence electrons. The first-order valence-corrected chi connectivity index (χ1v) is 6.48. The molecule has 0 spiro atoms. The summed E-state index contributed by atoms with van der Waals surface area (Å²) in [6.07, 6.45) is 4.97. The summed E-state index contributed by atoms with van der Waals surface area (Å²) in [7, 11) is -2.39. The molecule has 0 saturated heterocycles. The molecule has 0 aromatic carbocycles. The Hall–Kier alpha value is 0.0969. The number of rotatable bonds is 7. The maximum atomic E-state index is 9.11. The summed E-state index contributed by atoms with van der Waals surface area (Å²) in [4.78, 5) is 18.2. The van der Waals surface area contributed by atoms with E-state index in [4.69, 9.17) is 15.3 Å². The molecule has 0 aliphatic carbocycles. The highest BCUT2D eigenvalue weighted by atomic mass is 28.3. The minimum absolute atomic E-state index is 0.182. The largest absolute Gasteiger partial charge is 0.413 e. The Bertz CT molecular complexity index is 101. The monoisotopic (exact) mass is 191 g/mol. The van der Waals surface area contributed by atoms with Gasteiger partial charge >= 0.3 is 9.28 Å². The van der Waals surface area contributed by atoms with Gasteiger partial charge in [-0.1, -0.05) is 19.8 Å². The van der Waals surface area contributed by atoms with Crippen LogP contribution in [0.4, 0.5) is 0 Å². The van der Waals surface area contributed by atoms with Crippen molar-refractivity contribution in [2.75, 3.05) is 6.54 Å². The zero-order valence-electron chi connectivity index (χ0n) is 7.87. The fourth-order valence-electron chi connectivity index (χ4n) is 1.36. The van der Waals surface area contributed by atoms with Crippen molar-refractivity contribution in [2.24, 2.45) is 5.73 Å². The van der Waals surface area contributed by atoms with E-state index in [0.29, 0.717) is 6.54 Å². The number of nitrogens with two attached hydrogens (primary N) is 1. The molecule has 0 fully saturated rings. The van der Waals surface area contributed by atoms with Crippen molar-refractivity contribution in [1.29, 1.82) is 0 Å². The minimum atomic E-state index is -2.39. The predicted molar refractivity (Wildman–Crippen MR) is 53.2 cm³/mol. The second-order valence-corrected chi connectivity index (χ2v) is 5.02. The Labute approximate surface area is 76.4 Å². The lowest BCUT2D eigenvalue weighted by Crippen LogP contribution is -2.20. The number of hydrogen-bond donors (Lipinski definition) is 3. The van der Waals surface area contributed by atoms with Crippen LogP contribution in [0.15, 0.2) is 0 Å². The van der Waals surface area contributed by atoms with Crippen molar-refractivity contribution in [2.45, 2.75) is 44.6 Å². The van der Waals surface area contributed by atoms with Crippen molar-refractivity contribution in [1.82, 2.24) is 0 Å². The van der Waals surface area contributed by atoms with Crippen LogP contribution in [0.2, 0.25) is 5.54 Å². The summed E-state index contributed by atoms with van der Waals surface area (Å²) >= 11 is 0. The molecular weight excluding hydrogens is 170 g/mol. The fraction of sp³-hybridized carbons (Fsp3) is 1.00. The fourth-order valence-corrected chi connectivity index (χ4v) is 2.53. The van der Waals surface area contributed by atoms with Gasteiger partial charge in [0.1, 0.15) is 0 Å². The SMILES string of the molecule is CCCC(CCCCN)[SiH](O)O. The highest BCUT2D eigenvalue weighted by Crippen LogP contribution is 2.21. The minimum Gasteiger partial charge on any atom is -0.413 e. The van der Waals surface area contributed by atoms with Gasteiger partial charge in [0.05, 0.1) is 0 Å². The molecule has 0 rings (SSSR count). The van der Waals surface area contributed by atoms with Gasteiger partial charge in [-0.05, 0) is 31.3 Å². The molecule has 4 heteroatoms. The maximum Gasteiger partial charge on any atom is 0.319 e. The third-order valence-electron chi connectivity index (χ3n) is 2.11. The topological polar surface area (TPSA) is 66.5 Å². The van der Waals surface area contributed by atoms with Gasteiger partial charge in [-0.15, -0.1) is 0 Å². The van der Waals surface area contributed by atoms with Gasteiger partial charge in [-0.2, -0.15) is 0 Å². The first kappa shape index (κ1) is 12.1. The predicted octanol–water partition coefficient (Wildman–Crippen LogP) is 0.491. The van der Waals surface area contributed by atoms with Crippen LogP contribution in [0.3, 0.4) is 0 Å². The second-order valence-electron chi connectivity index (χ2n) is 3.25. The van der Waals surface area contributed by atoms with Crippen LogP contribution >= 0.6 is 0 Å². The molecule has 0 aromatic heterocycles. The van der Waals surface area contributed by atoms with Crippen LogP contribution in [-0.4, -0.2) is 25.4 Å². The molecule has 4 N–H and O–H groups in total. The van der Waals surface area contributed by atoms with E-state index in [0.717, 1.165) is 32.1 Å². The van der Waals surface area contributed by atoms with E-state index < -0.39 is 9.28 Å². The Morgan fingerprint density at radius 3 is 2.33 bits per heavy atom. The zero-order valence-corrected chi connectivity index (χ0v) is 9.02. The van der Waals surface area contributed by atoms with Crippen LogP contribution in [0.25, 0.3) is 0 Å². The molecule has 0 radical (unpaired) electrons. The number of unbranched alkanes of at least 4 members (excludes halogenated alkanes) is 1. The summed E-state index contributed by atoms with van der Waals surface area (Å²) in [6, 6.07) is 0. The van der Waals surface area contributed by atoms with E-state index in [1.807, 2.05) is 0 Å². The van der Waals surface area contributed by atoms with Crippen molar-refractivity contribution in [3.8, 4) is 0 Å². The van der Waals surface area contributed by atoms with Gasteiger partial charge in [-0.25, -0.2) is 0 Å². The van der Waals surface area contributed by atoms with E-state index >= 15 is 0 Å². The Morgan fingerprint density at radius 2 is 1.92 bits per heavy atom. The molecule has 3 nitrogen and oxygen atoms in total. The third kappa shape index (κ3) is 5.71.